The van der Waals surface area contributed by atoms with Gasteiger partial charge in [-0.1, -0.05) is 0 Å². The molecule has 7 heteroatoms. The van der Waals surface area contributed by atoms with Crippen LogP contribution in [0.4, 0.5) is 0 Å². The van der Waals surface area contributed by atoms with Crippen LogP contribution in [0.25, 0.3) is 0 Å². The molecule has 0 aromatic heterocycles. The number of hydrogen-bond donors (Lipinski definition) is 2. The van der Waals surface area contributed by atoms with Crippen molar-refractivity contribution in [2.75, 3.05) is 14.2 Å². The summed E-state index contributed by atoms with van der Waals surface area (Å²) in [6.07, 6.45) is 0.383. The molecule has 4 rings (SSSR count). The minimum absolute atomic E-state index is 0.0275. The van der Waals surface area contributed by atoms with E-state index in [0.717, 1.165) is 0 Å². The van der Waals surface area contributed by atoms with Crippen LogP contribution in [-0.2, 0) is 18.9 Å². The van der Waals surface area contributed by atoms with Crippen LogP contribution in [0, 0.1) is 0 Å². The van der Waals surface area contributed by atoms with Crippen LogP contribution in [0.3, 0.4) is 0 Å². The molecule has 21 heavy (non-hydrogen) atoms. The van der Waals surface area contributed by atoms with Gasteiger partial charge in [0.25, 0.3) is 0 Å². The van der Waals surface area contributed by atoms with Gasteiger partial charge in [0.15, 0.2) is 0 Å². The Morgan fingerprint density at radius 1 is 0.857 bits per heavy atom. The van der Waals surface area contributed by atoms with Crippen LogP contribution in [0.15, 0.2) is 0 Å². The maximum atomic E-state index is 9.96. The van der Waals surface area contributed by atoms with E-state index >= 15 is 0 Å². The number of hydrogen-bond acceptors (Lipinski definition) is 6. The van der Waals surface area contributed by atoms with E-state index in [2.05, 4.69) is 0 Å². The molecule has 4 bridgehead atoms. The van der Waals surface area contributed by atoms with E-state index in [4.69, 9.17) is 18.9 Å². The van der Waals surface area contributed by atoms with Crippen molar-refractivity contribution in [3.05, 3.63) is 0 Å². The summed E-state index contributed by atoms with van der Waals surface area (Å²) in [6.45, 7) is 0. The first-order valence-electron chi connectivity index (χ1n) is 7.52. The summed E-state index contributed by atoms with van der Waals surface area (Å²) in [5.41, 5.74) is 0. The van der Waals surface area contributed by atoms with E-state index in [-0.39, 0.29) is 51.6 Å². The quantitative estimate of drug-likeness (QED) is 0.646. The Kier molecular flexibility index (Phi) is 3.83. The molecule has 10 atom stereocenters. The van der Waals surface area contributed by atoms with Crippen molar-refractivity contribution in [3.63, 3.8) is 0 Å². The summed E-state index contributed by atoms with van der Waals surface area (Å²) in [7, 11) is 3.39. The summed E-state index contributed by atoms with van der Waals surface area (Å²) >= 11 is 0.237. The van der Waals surface area contributed by atoms with Crippen molar-refractivity contribution < 1.29 is 29.2 Å². The van der Waals surface area contributed by atoms with Gasteiger partial charge in [0.1, 0.15) is 0 Å². The summed E-state index contributed by atoms with van der Waals surface area (Å²) in [5.74, 6) is 0. The molecule has 0 radical (unpaired) electrons. The van der Waals surface area contributed by atoms with Gasteiger partial charge in [0, 0.05) is 0 Å². The molecule has 4 aliphatic rings. The van der Waals surface area contributed by atoms with Gasteiger partial charge in [-0.3, -0.25) is 0 Å². The topological polar surface area (TPSA) is 77.4 Å². The number of methoxy groups -OCH3 is 2. The predicted octanol–water partition coefficient (Wildman–Crippen LogP) is -0.638. The molecule has 0 amide bonds. The third kappa shape index (κ3) is 2.14. The fourth-order valence-corrected chi connectivity index (χ4v) is 8.30. The Hall–Kier alpha value is 0.279. The zero-order valence-electron chi connectivity index (χ0n) is 12.1. The van der Waals surface area contributed by atoms with Crippen molar-refractivity contribution in [3.8, 4) is 0 Å². The van der Waals surface area contributed by atoms with Gasteiger partial charge in [-0.05, 0) is 0 Å². The Bertz CT molecular complexity index is 373. The Morgan fingerprint density at radius 2 is 1.29 bits per heavy atom. The van der Waals surface area contributed by atoms with E-state index in [1.54, 1.807) is 14.2 Å². The standard InChI is InChI=1S/C14H22O6Se/c1-17-11-9-5(15)3-7(19-9)13(11)21-14-8-4-6(16)10(20-8)12(14)18-2/h5-16H,3-4H2,1-2H3/t5-,6+,7-,8+,9+,10-,11-,12+,13-,14+. The number of ether oxygens (including phenoxy) is 4. The van der Waals surface area contributed by atoms with Crippen molar-refractivity contribution in [2.45, 2.75) is 71.3 Å². The Balaban J connectivity index is 1.49. The molecule has 0 unspecified atom stereocenters. The van der Waals surface area contributed by atoms with Crippen LogP contribution in [0.2, 0.25) is 9.63 Å². The Labute approximate surface area is 130 Å². The molecule has 4 aliphatic heterocycles. The van der Waals surface area contributed by atoms with E-state index < -0.39 is 12.2 Å². The fourth-order valence-electron chi connectivity index (χ4n) is 4.30. The van der Waals surface area contributed by atoms with Crippen molar-refractivity contribution >= 4 is 15.0 Å². The van der Waals surface area contributed by atoms with Gasteiger partial charge < -0.3 is 0 Å². The molecule has 120 valence electrons. The van der Waals surface area contributed by atoms with E-state index in [1.165, 1.54) is 0 Å². The summed E-state index contributed by atoms with van der Waals surface area (Å²) < 4.78 is 23.0. The first-order valence-corrected chi connectivity index (χ1v) is 9.50. The van der Waals surface area contributed by atoms with Gasteiger partial charge >= 0.3 is 130 Å². The van der Waals surface area contributed by atoms with Crippen LogP contribution in [0.5, 0.6) is 0 Å². The first-order chi connectivity index (χ1) is 10.1. The fraction of sp³-hybridized carbons (Fsp3) is 1.00. The second-order valence-electron chi connectivity index (χ2n) is 6.35. The van der Waals surface area contributed by atoms with Gasteiger partial charge in [0.2, 0.25) is 0 Å². The molecule has 6 nitrogen and oxygen atoms in total. The second kappa shape index (κ2) is 5.42. The van der Waals surface area contributed by atoms with Crippen LogP contribution < -0.4 is 0 Å². The molecule has 0 aromatic rings. The number of aliphatic hydroxyl groups excluding tert-OH is 2. The van der Waals surface area contributed by atoms with E-state index in [9.17, 15) is 10.2 Å². The van der Waals surface area contributed by atoms with E-state index in [1.807, 2.05) is 0 Å². The molecule has 4 fully saturated rings. The molecule has 0 aromatic carbocycles. The molecule has 0 aliphatic carbocycles. The van der Waals surface area contributed by atoms with Crippen molar-refractivity contribution in [1.82, 2.24) is 0 Å². The average molecular weight is 365 g/mol. The molecule has 4 heterocycles. The molecule has 2 N–H and O–H groups in total. The Morgan fingerprint density at radius 3 is 1.67 bits per heavy atom. The zero-order valence-corrected chi connectivity index (χ0v) is 13.8. The number of fused-ring (bicyclic) bond motifs is 4. The van der Waals surface area contributed by atoms with Gasteiger partial charge in [0.05, 0.1) is 0 Å². The molecular formula is C14H22O6Se. The third-order valence-corrected chi connectivity index (χ3v) is 8.97. The predicted molar refractivity (Wildman–Crippen MR) is 73.4 cm³/mol. The van der Waals surface area contributed by atoms with Gasteiger partial charge in [-0.15, -0.1) is 0 Å². The molecular weight excluding hydrogens is 343 g/mol. The summed E-state index contributed by atoms with van der Waals surface area (Å²) in [4.78, 5) is 0.664. The second-order valence-corrected chi connectivity index (χ2v) is 9.21. The van der Waals surface area contributed by atoms with Gasteiger partial charge in [-0.2, -0.15) is 0 Å². The normalized spacial score (nSPS) is 58.3. The molecule has 0 spiro atoms. The maximum absolute atomic E-state index is 9.96. The molecule has 4 saturated heterocycles. The zero-order chi connectivity index (χ0) is 14.7. The average Bonchev–Trinajstić information content (AvgIpc) is 3.17. The summed E-state index contributed by atoms with van der Waals surface area (Å²) in [6, 6.07) is 0. The number of rotatable bonds is 4. The van der Waals surface area contributed by atoms with Crippen molar-refractivity contribution in [2.24, 2.45) is 0 Å². The van der Waals surface area contributed by atoms with Crippen LogP contribution >= 0.6 is 0 Å². The first kappa shape index (κ1) is 14.8. The SMILES string of the molecule is CO[C@@H]1[C@H]2O[C@H](C[C@H]2O)[C@H]1[Se][C@@H]1[C@@H](OC)[C@@H]2O[C@H]1C[C@@H]2O. The molecule has 0 saturated carbocycles. The summed E-state index contributed by atoms with van der Waals surface area (Å²) in [5, 5.41) is 19.9. The van der Waals surface area contributed by atoms with Crippen LogP contribution in [0.1, 0.15) is 12.8 Å². The number of aliphatic hydroxyl groups is 2. The minimum atomic E-state index is -0.400. The van der Waals surface area contributed by atoms with Crippen molar-refractivity contribution in [1.29, 1.82) is 0 Å². The third-order valence-electron chi connectivity index (χ3n) is 5.26. The monoisotopic (exact) mass is 366 g/mol. The van der Waals surface area contributed by atoms with Crippen LogP contribution in [-0.4, -0.2) is 88.2 Å². The van der Waals surface area contributed by atoms with Gasteiger partial charge in [-0.25, -0.2) is 0 Å². The van der Waals surface area contributed by atoms with E-state index in [0.29, 0.717) is 22.5 Å².